The van der Waals surface area contributed by atoms with Gasteiger partial charge in [-0.15, -0.1) is 0 Å². The molecule has 0 aliphatic heterocycles. The molecule has 118 valence electrons. The summed E-state index contributed by atoms with van der Waals surface area (Å²) in [4.78, 5) is 24.3. The lowest BCUT2D eigenvalue weighted by Crippen LogP contribution is -2.53. The van der Waals surface area contributed by atoms with Crippen LogP contribution in [0.3, 0.4) is 0 Å². The number of amides is 1. The fourth-order valence-electron chi connectivity index (χ4n) is 1.82. The van der Waals surface area contributed by atoms with Crippen LogP contribution in [0.25, 0.3) is 0 Å². The third-order valence-electron chi connectivity index (χ3n) is 3.04. The number of hydrogen-bond donors (Lipinski definition) is 1. The Morgan fingerprint density at radius 3 is 2.33 bits per heavy atom. The molecular weight excluding hydrogens is 291 g/mol. The summed E-state index contributed by atoms with van der Waals surface area (Å²) < 4.78 is 38.1. The molecule has 1 heterocycles. The molecule has 1 aromatic rings. The van der Waals surface area contributed by atoms with Gasteiger partial charge in [-0.05, 0) is 26.8 Å². The fraction of sp³-hybridized carbons (Fsp3) is 0.583. The Labute approximate surface area is 119 Å². The highest BCUT2D eigenvalue weighted by Crippen LogP contribution is 2.27. The Morgan fingerprint density at radius 1 is 1.38 bits per heavy atom. The van der Waals surface area contributed by atoms with Crippen LogP contribution in [0.15, 0.2) is 12.3 Å². The highest BCUT2D eigenvalue weighted by molar-refractivity contribution is 5.86. The second-order valence-electron chi connectivity index (χ2n) is 4.90. The molecule has 0 spiro atoms. The second-order valence-corrected chi connectivity index (χ2v) is 4.90. The van der Waals surface area contributed by atoms with Crippen molar-refractivity contribution in [3.8, 4) is 0 Å². The third kappa shape index (κ3) is 3.73. The van der Waals surface area contributed by atoms with Crippen molar-refractivity contribution >= 4 is 11.9 Å². The Hall–Kier alpha value is -2.06. The zero-order valence-corrected chi connectivity index (χ0v) is 11.8. The van der Waals surface area contributed by atoms with Crippen LogP contribution in [0, 0.1) is 0 Å². The van der Waals surface area contributed by atoms with Crippen LogP contribution in [-0.4, -0.2) is 43.7 Å². The molecule has 0 aliphatic carbocycles. The molecule has 1 rings (SSSR count). The Morgan fingerprint density at radius 2 is 1.95 bits per heavy atom. The number of carboxylic acids is 1. The van der Waals surface area contributed by atoms with Crippen molar-refractivity contribution < 1.29 is 27.9 Å². The van der Waals surface area contributed by atoms with E-state index in [0.29, 0.717) is 0 Å². The van der Waals surface area contributed by atoms with E-state index in [1.807, 2.05) is 0 Å². The van der Waals surface area contributed by atoms with Crippen molar-refractivity contribution in [1.82, 2.24) is 14.7 Å². The minimum atomic E-state index is -4.58. The SMILES string of the molecule is CCN(C(=O)Cn1ccc(C(F)(F)F)n1)C(C)(C)C(=O)O. The predicted molar refractivity (Wildman–Crippen MR) is 66.3 cm³/mol. The summed E-state index contributed by atoms with van der Waals surface area (Å²) in [5.41, 5.74) is -2.55. The molecule has 0 aliphatic rings. The number of carboxylic acid groups (broad SMARTS) is 1. The summed E-state index contributed by atoms with van der Waals surface area (Å²) in [6.45, 7) is 3.95. The van der Waals surface area contributed by atoms with Crippen LogP contribution in [0.4, 0.5) is 13.2 Å². The van der Waals surface area contributed by atoms with Gasteiger partial charge in [-0.1, -0.05) is 0 Å². The van der Waals surface area contributed by atoms with Crippen LogP contribution in [-0.2, 0) is 22.3 Å². The maximum Gasteiger partial charge on any atom is 0.435 e. The van der Waals surface area contributed by atoms with Crippen molar-refractivity contribution in [1.29, 1.82) is 0 Å². The zero-order chi connectivity index (χ0) is 16.4. The maximum atomic E-state index is 12.4. The van der Waals surface area contributed by atoms with E-state index in [4.69, 9.17) is 5.11 Å². The van der Waals surface area contributed by atoms with E-state index < -0.39 is 35.8 Å². The number of halogens is 3. The predicted octanol–water partition coefficient (Wildman–Crippen LogP) is 1.61. The molecule has 0 aromatic carbocycles. The highest BCUT2D eigenvalue weighted by atomic mass is 19.4. The number of aromatic nitrogens is 2. The van der Waals surface area contributed by atoms with Crippen LogP contribution in [0.2, 0.25) is 0 Å². The minimum absolute atomic E-state index is 0.117. The molecule has 21 heavy (non-hydrogen) atoms. The lowest BCUT2D eigenvalue weighted by atomic mass is 10.0. The zero-order valence-electron chi connectivity index (χ0n) is 11.8. The van der Waals surface area contributed by atoms with E-state index in [1.54, 1.807) is 6.92 Å². The van der Waals surface area contributed by atoms with Crippen molar-refractivity contribution in [2.75, 3.05) is 6.54 Å². The minimum Gasteiger partial charge on any atom is -0.480 e. The van der Waals surface area contributed by atoms with Gasteiger partial charge in [0.2, 0.25) is 5.91 Å². The molecule has 0 saturated heterocycles. The van der Waals surface area contributed by atoms with Gasteiger partial charge in [0.25, 0.3) is 0 Å². The Kier molecular flexibility index (Phi) is 4.65. The first-order chi connectivity index (χ1) is 9.50. The van der Waals surface area contributed by atoms with Gasteiger partial charge in [-0.2, -0.15) is 18.3 Å². The van der Waals surface area contributed by atoms with Crippen LogP contribution < -0.4 is 0 Å². The van der Waals surface area contributed by atoms with Gasteiger partial charge in [-0.25, -0.2) is 4.79 Å². The molecule has 6 nitrogen and oxygen atoms in total. The first kappa shape index (κ1) is 17.0. The van der Waals surface area contributed by atoms with Crippen LogP contribution in [0.1, 0.15) is 26.5 Å². The number of alkyl halides is 3. The third-order valence-corrected chi connectivity index (χ3v) is 3.04. The van der Waals surface area contributed by atoms with E-state index in [9.17, 15) is 22.8 Å². The molecular formula is C12H16F3N3O3. The Bertz CT molecular complexity index is 537. The van der Waals surface area contributed by atoms with Gasteiger partial charge >= 0.3 is 12.1 Å². The second kappa shape index (κ2) is 5.74. The van der Waals surface area contributed by atoms with E-state index in [1.165, 1.54) is 13.8 Å². The summed E-state index contributed by atoms with van der Waals surface area (Å²) in [7, 11) is 0. The van der Waals surface area contributed by atoms with E-state index in [2.05, 4.69) is 5.10 Å². The molecule has 1 aromatic heterocycles. The summed E-state index contributed by atoms with van der Waals surface area (Å²) in [5, 5.41) is 12.4. The Balaban J connectivity index is 2.89. The molecule has 0 atom stereocenters. The first-order valence-electron chi connectivity index (χ1n) is 6.14. The molecule has 9 heteroatoms. The number of hydrogen-bond acceptors (Lipinski definition) is 3. The van der Waals surface area contributed by atoms with E-state index >= 15 is 0 Å². The van der Waals surface area contributed by atoms with Gasteiger partial charge in [0.15, 0.2) is 5.69 Å². The van der Waals surface area contributed by atoms with Crippen molar-refractivity contribution in [2.24, 2.45) is 0 Å². The van der Waals surface area contributed by atoms with Gasteiger partial charge < -0.3 is 10.0 Å². The molecule has 0 fully saturated rings. The summed E-state index contributed by atoms with van der Waals surface area (Å²) in [6.07, 6.45) is -3.55. The van der Waals surface area contributed by atoms with E-state index in [0.717, 1.165) is 21.8 Å². The number of nitrogens with zero attached hydrogens (tertiary/aromatic N) is 3. The lowest BCUT2D eigenvalue weighted by Gasteiger charge is -2.34. The molecule has 0 unspecified atom stereocenters. The van der Waals surface area contributed by atoms with Crippen molar-refractivity contribution in [3.63, 3.8) is 0 Å². The number of aliphatic carboxylic acids is 1. The quantitative estimate of drug-likeness (QED) is 0.897. The lowest BCUT2D eigenvalue weighted by molar-refractivity contribution is -0.157. The standard InChI is InChI=1S/C12H16F3N3O3/c1-4-18(11(2,3)10(20)21)9(19)7-17-6-5-8(16-17)12(13,14)15/h5-6H,4,7H2,1-3H3,(H,20,21). The largest absolute Gasteiger partial charge is 0.480 e. The number of carbonyl (C=O) groups is 2. The first-order valence-corrected chi connectivity index (χ1v) is 6.14. The average Bonchev–Trinajstić information content (AvgIpc) is 2.77. The van der Waals surface area contributed by atoms with Gasteiger partial charge in [-0.3, -0.25) is 9.48 Å². The monoisotopic (exact) mass is 307 g/mol. The molecule has 0 radical (unpaired) electrons. The van der Waals surface area contributed by atoms with Crippen LogP contribution >= 0.6 is 0 Å². The normalized spacial score (nSPS) is 12.3. The van der Waals surface area contributed by atoms with E-state index in [-0.39, 0.29) is 6.54 Å². The van der Waals surface area contributed by atoms with Gasteiger partial charge in [0.05, 0.1) is 0 Å². The highest BCUT2D eigenvalue weighted by Gasteiger charge is 2.37. The fourth-order valence-corrected chi connectivity index (χ4v) is 1.82. The van der Waals surface area contributed by atoms with Gasteiger partial charge in [0, 0.05) is 12.7 Å². The number of carbonyl (C=O) groups excluding carboxylic acids is 1. The van der Waals surface area contributed by atoms with Crippen molar-refractivity contribution in [2.45, 2.75) is 39.0 Å². The topological polar surface area (TPSA) is 75.4 Å². The molecule has 1 amide bonds. The summed E-state index contributed by atoms with van der Waals surface area (Å²) in [6, 6.07) is 0.756. The van der Waals surface area contributed by atoms with Crippen LogP contribution in [0.5, 0.6) is 0 Å². The smallest absolute Gasteiger partial charge is 0.435 e. The van der Waals surface area contributed by atoms with Crippen molar-refractivity contribution in [3.05, 3.63) is 18.0 Å². The number of likely N-dealkylation sites (N-methyl/N-ethyl adjacent to an activating group) is 1. The number of rotatable bonds is 5. The summed E-state index contributed by atoms with van der Waals surface area (Å²) >= 11 is 0. The average molecular weight is 307 g/mol. The van der Waals surface area contributed by atoms with Gasteiger partial charge in [0.1, 0.15) is 12.1 Å². The summed E-state index contributed by atoms with van der Waals surface area (Å²) in [5.74, 6) is -1.82. The molecule has 1 N–H and O–H groups in total. The molecule has 0 saturated carbocycles. The maximum absolute atomic E-state index is 12.4. The molecule has 0 bridgehead atoms.